The van der Waals surface area contributed by atoms with Gasteiger partial charge in [-0.1, -0.05) is 54.4 Å². The largest absolute Gasteiger partial charge is 0.347 e. The minimum atomic E-state index is -0.293. The first kappa shape index (κ1) is 20.1. The zero-order chi connectivity index (χ0) is 20.5. The highest BCUT2D eigenvalue weighted by molar-refractivity contribution is 8.18. The maximum absolute atomic E-state index is 12.9. The molecule has 1 saturated heterocycles. The number of hydrogen-bond donors (Lipinski definition) is 0. The van der Waals surface area contributed by atoms with Crippen LogP contribution in [0.5, 0.6) is 0 Å². The molecule has 0 bridgehead atoms. The summed E-state index contributed by atoms with van der Waals surface area (Å²) in [4.78, 5) is 27.0. The van der Waals surface area contributed by atoms with Crippen LogP contribution in [0.15, 0.2) is 53.6 Å². The normalized spacial score (nSPS) is 15.8. The molecule has 4 nitrogen and oxygen atoms in total. The van der Waals surface area contributed by atoms with Gasteiger partial charge in [0.05, 0.1) is 21.5 Å². The SMILES string of the molecule is CCCn1cc(/C=C2\SC(=O)N(Cc3ccc(Cl)c(Cl)c3)C2=O)c2ccccc21. The number of carbonyl (C=O) groups excluding carboxylic acids is 2. The van der Waals surface area contributed by atoms with Crippen LogP contribution in [0.25, 0.3) is 17.0 Å². The summed E-state index contributed by atoms with van der Waals surface area (Å²) >= 11 is 13.0. The molecular formula is C22H18Cl2N2O2S. The number of aryl methyl sites for hydroxylation is 1. The average Bonchev–Trinajstić information content (AvgIpc) is 3.18. The van der Waals surface area contributed by atoms with E-state index in [4.69, 9.17) is 23.2 Å². The maximum Gasteiger partial charge on any atom is 0.293 e. The Hall–Kier alpha value is -2.21. The quantitative estimate of drug-likeness (QED) is 0.416. The van der Waals surface area contributed by atoms with Crippen molar-refractivity contribution in [2.24, 2.45) is 0 Å². The van der Waals surface area contributed by atoms with E-state index in [2.05, 4.69) is 17.6 Å². The van der Waals surface area contributed by atoms with E-state index in [0.717, 1.165) is 46.8 Å². The van der Waals surface area contributed by atoms with Crippen LogP contribution in [0.3, 0.4) is 0 Å². The van der Waals surface area contributed by atoms with E-state index in [0.29, 0.717) is 15.0 Å². The zero-order valence-electron chi connectivity index (χ0n) is 15.7. The molecule has 29 heavy (non-hydrogen) atoms. The molecule has 3 aromatic rings. The lowest BCUT2D eigenvalue weighted by Crippen LogP contribution is -2.27. The molecule has 1 fully saturated rings. The van der Waals surface area contributed by atoms with E-state index in [1.807, 2.05) is 30.5 Å². The molecule has 0 spiro atoms. The third kappa shape index (κ3) is 3.95. The van der Waals surface area contributed by atoms with Crippen LogP contribution in [0.4, 0.5) is 4.79 Å². The Morgan fingerprint density at radius 1 is 1.07 bits per heavy atom. The topological polar surface area (TPSA) is 42.3 Å². The summed E-state index contributed by atoms with van der Waals surface area (Å²) in [5.74, 6) is -0.293. The fourth-order valence-electron chi connectivity index (χ4n) is 3.41. The second-order valence-corrected chi connectivity index (χ2v) is 8.62. The lowest BCUT2D eigenvalue weighted by molar-refractivity contribution is -0.123. The third-order valence-electron chi connectivity index (χ3n) is 4.77. The summed E-state index contributed by atoms with van der Waals surface area (Å²) in [5, 5.41) is 1.62. The molecule has 0 radical (unpaired) electrons. The van der Waals surface area contributed by atoms with Crippen molar-refractivity contribution in [3.8, 4) is 0 Å². The highest BCUT2D eigenvalue weighted by atomic mass is 35.5. The van der Waals surface area contributed by atoms with Crippen molar-refractivity contribution in [2.75, 3.05) is 0 Å². The second-order valence-electron chi connectivity index (χ2n) is 6.81. The van der Waals surface area contributed by atoms with E-state index < -0.39 is 0 Å². The Balaban J connectivity index is 1.64. The molecule has 0 N–H and O–H groups in total. The molecule has 1 aromatic heterocycles. The standard InChI is InChI=1S/C22H18Cl2N2O2S/c1-2-9-25-13-15(16-5-3-4-6-19(16)25)11-20-21(27)26(22(28)29-20)12-14-7-8-17(23)18(24)10-14/h3-8,10-11,13H,2,9,12H2,1H3/b20-11-. The number of fused-ring (bicyclic) bond motifs is 1. The molecule has 1 aliphatic heterocycles. The summed E-state index contributed by atoms with van der Waals surface area (Å²) in [6.45, 7) is 3.19. The average molecular weight is 445 g/mol. The molecule has 0 atom stereocenters. The number of imide groups is 1. The summed E-state index contributed by atoms with van der Waals surface area (Å²) in [7, 11) is 0. The summed E-state index contributed by atoms with van der Waals surface area (Å²) < 4.78 is 2.18. The monoisotopic (exact) mass is 444 g/mol. The van der Waals surface area contributed by atoms with Gasteiger partial charge in [-0.05, 0) is 48.0 Å². The van der Waals surface area contributed by atoms with Crippen LogP contribution >= 0.6 is 35.0 Å². The highest BCUT2D eigenvalue weighted by Crippen LogP contribution is 2.35. The van der Waals surface area contributed by atoms with Crippen LogP contribution in [0.2, 0.25) is 10.0 Å². The van der Waals surface area contributed by atoms with Crippen LogP contribution in [0, 0.1) is 0 Å². The highest BCUT2D eigenvalue weighted by Gasteiger charge is 2.35. The van der Waals surface area contributed by atoms with Crippen molar-refractivity contribution in [3.63, 3.8) is 0 Å². The lowest BCUT2D eigenvalue weighted by atomic mass is 10.1. The Morgan fingerprint density at radius 2 is 1.86 bits per heavy atom. The third-order valence-corrected chi connectivity index (χ3v) is 6.42. The fourth-order valence-corrected chi connectivity index (χ4v) is 4.56. The number of nitrogens with zero attached hydrogens (tertiary/aromatic N) is 2. The fraction of sp³-hybridized carbons (Fsp3) is 0.182. The number of para-hydroxylation sites is 1. The summed E-state index contributed by atoms with van der Waals surface area (Å²) in [6.07, 6.45) is 4.87. The summed E-state index contributed by atoms with van der Waals surface area (Å²) in [6, 6.07) is 13.2. The Kier molecular flexibility index (Phi) is 5.72. The minimum Gasteiger partial charge on any atom is -0.347 e. The van der Waals surface area contributed by atoms with Gasteiger partial charge in [0.1, 0.15) is 0 Å². The number of amides is 2. The first-order valence-electron chi connectivity index (χ1n) is 9.25. The number of aromatic nitrogens is 1. The van der Waals surface area contributed by atoms with E-state index >= 15 is 0 Å². The van der Waals surface area contributed by atoms with Gasteiger partial charge in [0.2, 0.25) is 0 Å². The predicted octanol–water partition coefficient (Wildman–Crippen LogP) is 6.59. The van der Waals surface area contributed by atoms with E-state index in [1.54, 1.807) is 18.2 Å². The van der Waals surface area contributed by atoms with Crippen molar-refractivity contribution >= 4 is 63.1 Å². The van der Waals surface area contributed by atoms with Crippen molar-refractivity contribution in [1.82, 2.24) is 9.47 Å². The number of hydrogen-bond acceptors (Lipinski definition) is 3. The molecule has 0 aliphatic carbocycles. The van der Waals surface area contributed by atoms with Crippen LogP contribution in [-0.4, -0.2) is 20.6 Å². The zero-order valence-corrected chi connectivity index (χ0v) is 18.0. The first-order chi connectivity index (χ1) is 14.0. The maximum atomic E-state index is 12.9. The van der Waals surface area contributed by atoms with Gasteiger partial charge in [-0.3, -0.25) is 14.5 Å². The Labute approximate surface area is 183 Å². The van der Waals surface area contributed by atoms with Gasteiger partial charge in [-0.15, -0.1) is 0 Å². The van der Waals surface area contributed by atoms with Gasteiger partial charge in [-0.25, -0.2) is 0 Å². The van der Waals surface area contributed by atoms with Gasteiger partial charge < -0.3 is 4.57 Å². The molecule has 4 rings (SSSR count). The molecule has 2 amide bonds. The second kappa shape index (κ2) is 8.27. The van der Waals surface area contributed by atoms with Crippen LogP contribution in [0.1, 0.15) is 24.5 Å². The molecule has 0 saturated carbocycles. The molecule has 1 aliphatic rings. The number of halogens is 2. The molecule has 148 valence electrons. The van der Waals surface area contributed by atoms with Crippen molar-refractivity contribution in [2.45, 2.75) is 26.4 Å². The Morgan fingerprint density at radius 3 is 2.62 bits per heavy atom. The van der Waals surface area contributed by atoms with Gasteiger partial charge >= 0.3 is 0 Å². The van der Waals surface area contributed by atoms with E-state index in [1.165, 1.54) is 4.90 Å². The van der Waals surface area contributed by atoms with Crippen molar-refractivity contribution in [1.29, 1.82) is 0 Å². The number of rotatable bonds is 5. The molecule has 2 aromatic carbocycles. The lowest BCUT2D eigenvalue weighted by Gasteiger charge is -2.12. The number of carbonyl (C=O) groups is 2. The molecule has 7 heteroatoms. The van der Waals surface area contributed by atoms with Gasteiger partial charge in [0.25, 0.3) is 11.1 Å². The minimum absolute atomic E-state index is 0.163. The van der Waals surface area contributed by atoms with Gasteiger partial charge in [-0.2, -0.15) is 0 Å². The van der Waals surface area contributed by atoms with Crippen molar-refractivity contribution in [3.05, 3.63) is 74.7 Å². The first-order valence-corrected chi connectivity index (χ1v) is 10.8. The van der Waals surface area contributed by atoms with E-state index in [9.17, 15) is 9.59 Å². The predicted molar refractivity (Wildman–Crippen MR) is 120 cm³/mol. The number of thioether (sulfide) groups is 1. The van der Waals surface area contributed by atoms with Crippen LogP contribution in [-0.2, 0) is 17.9 Å². The summed E-state index contributed by atoms with van der Waals surface area (Å²) in [5.41, 5.74) is 2.81. The molecule has 2 heterocycles. The van der Waals surface area contributed by atoms with Gasteiger partial charge in [0, 0.05) is 29.2 Å². The van der Waals surface area contributed by atoms with Gasteiger partial charge in [0.15, 0.2) is 0 Å². The molecular weight excluding hydrogens is 427 g/mol. The molecule has 0 unspecified atom stereocenters. The van der Waals surface area contributed by atoms with Crippen LogP contribution < -0.4 is 0 Å². The van der Waals surface area contributed by atoms with Crippen molar-refractivity contribution < 1.29 is 9.59 Å². The number of benzene rings is 2. The Bertz CT molecular complexity index is 1150. The van der Waals surface area contributed by atoms with E-state index in [-0.39, 0.29) is 17.7 Å². The smallest absolute Gasteiger partial charge is 0.293 e.